The molecule has 4 nitrogen and oxygen atoms in total. The summed E-state index contributed by atoms with van der Waals surface area (Å²) in [5, 5.41) is 9.40. The van der Waals surface area contributed by atoms with Gasteiger partial charge in [-0.25, -0.2) is 9.78 Å². The van der Waals surface area contributed by atoms with E-state index in [-0.39, 0.29) is 5.56 Å². The summed E-state index contributed by atoms with van der Waals surface area (Å²) in [4.78, 5) is 16.0. The number of hydrogen-bond acceptors (Lipinski definition) is 2. The third kappa shape index (κ3) is 1.53. The first-order valence-electron chi connectivity index (χ1n) is 6.12. The van der Waals surface area contributed by atoms with Gasteiger partial charge in [-0.05, 0) is 44.0 Å². The normalized spacial score (nSPS) is 11.3. The molecule has 2 aromatic heterocycles. The second-order valence-electron chi connectivity index (χ2n) is 4.86. The number of carbonyl (C=O) groups is 1. The maximum absolute atomic E-state index is 11.5. The minimum atomic E-state index is -0.935. The molecule has 4 heteroatoms. The Morgan fingerprint density at radius 3 is 2.63 bits per heavy atom. The minimum Gasteiger partial charge on any atom is -0.478 e. The van der Waals surface area contributed by atoms with Gasteiger partial charge in [0.05, 0.1) is 11.0 Å². The van der Waals surface area contributed by atoms with Gasteiger partial charge in [0.1, 0.15) is 5.56 Å². The zero-order chi connectivity index (χ0) is 13.7. The van der Waals surface area contributed by atoms with E-state index in [9.17, 15) is 9.90 Å². The van der Waals surface area contributed by atoms with Gasteiger partial charge in [-0.1, -0.05) is 12.1 Å². The number of fused-ring (bicyclic) bond motifs is 3. The predicted molar refractivity (Wildman–Crippen MR) is 73.9 cm³/mol. The van der Waals surface area contributed by atoms with Gasteiger partial charge >= 0.3 is 5.97 Å². The standard InChI is InChI=1S/C15H14N2O2/c1-8-5-4-6-11-13(8)16-14-12(15(18)19)9(2)7-10(3)17(11)14/h4-7H,1-3H3,(H,18,19). The van der Waals surface area contributed by atoms with Crippen LogP contribution in [0.3, 0.4) is 0 Å². The Bertz CT molecular complexity index is 831. The molecule has 0 amide bonds. The van der Waals surface area contributed by atoms with E-state index in [1.54, 1.807) is 0 Å². The number of nitrogens with zero attached hydrogens (tertiary/aromatic N) is 2. The van der Waals surface area contributed by atoms with Crippen LogP contribution in [0.1, 0.15) is 27.2 Å². The highest BCUT2D eigenvalue weighted by Gasteiger charge is 2.18. The van der Waals surface area contributed by atoms with Crippen LogP contribution in [0.25, 0.3) is 16.7 Å². The average molecular weight is 254 g/mol. The van der Waals surface area contributed by atoms with Crippen LogP contribution in [0.2, 0.25) is 0 Å². The van der Waals surface area contributed by atoms with Crippen molar-refractivity contribution in [3.63, 3.8) is 0 Å². The predicted octanol–water partition coefficient (Wildman–Crippen LogP) is 3.11. The highest BCUT2D eigenvalue weighted by Crippen LogP contribution is 2.25. The molecule has 0 bridgehead atoms. The number of pyridine rings is 1. The van der Waals surface area contributed by atoms with Crippen LogP contribution in [0, 0.1) is 20.8 Å². The molecule has 1 N–H and O–H groups in total. The number of imidazole rings is 1. The molecule has 0 spiro atoms. The molecule has 3 aromatic rings. The fraction of sp³-hybridized carbons (Fsp3) is 0.200. The summed E-state index contributed by atoms with van der Waals surface area (Å²) >= 11 is 0. The monoisotopic (exact) mass is 254 g/mol. The topological polar surface area (TPSA) is 54.6 Å². The summed E-state index contributed by atoms with van der Waals surface area (Å²) in [5.74, 6) is -0.935. The lowest BCUT2D eigenvalue weighted by Gasteiger charge is -2.07. The molecule has 0 unspecified atom stereocenters. The van der Waals surface area contributed by atoms with Crippen molar-refractivity contribution in [1.82, 2.24) is 9.38 Å². The average Bonchev–Trinajstić information content (AvgIpc) is 2.69. The first-order valence-corrected chi connectivity index (χ1v) is 6.12. The summed E-state index contributed by atoms with van der Waals surface area (Å²) in [6.45, 7) is 5.76. The number of aromatic nitrogens is 2. The lowest BCUT2D eigenvalue weighted by Crippen LogP contribution is -2.05. The van der Waals surface area contributed by atoms with E-state index in [0.717, 1.165) is 27.9 Å². The largest absolute Gasteiger partial charge is 0.478 e. The van der Waals surface area contributed by atoms with Crippen LogP contribution in [-0.2, 0) is 0 Å². The second-order valence-corrected chi connectivity index (χ2v) is 4.86. The molecule has 0 radical (unpaired) electrons. The number of benzene rings is 1. The van der Waals surface area contributed by atoms with E-state index < -0.39 is 5.97 Å². The Morgan fingerprint density at radius 1 is 1.21 bits per heavy atom. The number of carboxylic acids is 1. The summed E-state index contributed by atoms with van der Waals surface area (Å²) in [5.41, 5.74) is 5.40. The third-order valence-corrected chi connectivity index (χ3v) is 3.50. The molecule has 19 heavy (non-hydrogen) atoms. The zero-order valence-electron chi connectivity index (χ0n) is 11.1. The number of carboxylic acid groups (broad SMARTS) is 1. The SMILES string of the molecule is Cc1cc(C)n2c(nc3c(C)cccc32)c1C(=O)O. The van der Waals surface area contributed by atoms with Crippen molar-refractivity contribution < 1.29 is 9.90 Å². The van der Waals surface area contributed by atoms with Crippen molar-refractivity contribution in [2.45, 2.75) is 20.8 Å². The maximum atomic E-state index is 11.5. The molecule has 0 saturated heterocycles. The van der Waals surface area contributed by atoms with Gasteiger partial charge in [0.2, 0.25) is 0 Å². The number of aryl methyl sites for hydroxylation is 3. The summed E-state index contributed by atoms with van der Waals surface area (Å²) in [6, 6.07) is 7.80. The Labute approximate surface area is 110 Å². The molecule has 0 atom stereocenters. The summed E-state index contributed by atoms with van der Waals surface area (Å²) in [7, 11) is 0. The summed E-state index contributed by atoms with van der Waals surface area (Å²) < 4.78 is 1.92. The van der Waals surface area contributed by atoms with Crippen molar-refractivity contribution in [1.29, 1.82) is 0 Å². The van der Waals surface area contributed by atoms with Crippen LogP contribution in [0.15, 0.2) is 24.3 Å². The third-order valence-electron chi connectivity index (χ3n) is 3.50. The molecular weight excluding hydrogens is 240 g/mol. The lowest BCUT2D eigenvalue weighted by molar-refractivity contribution is 0.0697. The van der Waals surface area contributed by atoms with Gasteiger partial charge in [-0.2, -0.15) is 0 Å². The van der Waals surface area contributed by atoms with Crippen molar-refractivity contribution in [3.05, 3.63) is 46.6 Å². The Balaban J connectivity index is 2.63. The molecular formula is C15H14N2O2. The van der Waals surface area contributed by atoms with Crippen LogP contribution in [0.4, 0.5) is 0 Å². The highest BCUT2D eigenvalue weighted by atomic mass is 16.4. The fourth-order valence-corrected chi connectivity index (χ4v) is 2.65. The van der Waals surface area contributed by atoms with Gasteiger partial charge in [0, 0.05) is 5.69 Å². The molecule has 0 aliphatic rings. The van der Waals surface area contributed by atoms with Crippen LogP contribution < -0.4 is 0 Å². The van der Waals surface area contributed by atoms with Gasteiger partial charge in [-0.15, -0.1) is 0 Å². The first kappa shape index (κ1) is 11.7. The van der Waals surface area contributed by atoms with Crippen LogP contribution >= 0.6 is 0 Å². The number of aromatic carboxylic acids is 1. The van der Waals surface area contributed by atoms with Gasteiger partial charge in [0.15, 0.2) is 5.65 Å². The molecule has 0 fully saturated rings. The maximum Gasteiger partial charge on any atom is 0.339 e. The molecule has 0 aliphatic carbocycles. The quantitative estimate of drug-likeness (QED) is 0.726. The van der Waals surface area contributed by atoms with E-state index in [0.29, 0.717) is 5.65 Å². The molecule has 3 rings (SSSR count). The Morgan fingerprint density at radius 2 is 1.95 bits per heavy atom. The molecule has 0 saturated carbocycles. The Kier molecular flexibility index (Phi) is 2.35. The van der Waals surface area contributed by atoms with E-state index in [1.807, 2.05) is 49.4 Å². The van der Waals surface area contributed by atoms with Crippen LogP contribution in [0.5, 0.6) is 0 Å². The molecule has 0 aliphatic heterocycles. The zero-order valence-corrected chi connectivity index (χ0v) is 11.1. The van der Waals surface area contributed by atoms with Crippen molar-refractivity contribution in [2.75, 3.05) is 0 Å². The summed E-state index contributed by atoms with van der Waals surface area (Å²) in [6.07, 6.45) is 0. The van der Waals surface area contributed by atoms with E-state index in [1.165, 1.54) is 0 Å². The van der Waals surface area contributed by atoms with E-state index in [4.69, 9.17) is 0 Å². The number of rotatable bonds is 1. The van der Waals surface area contributed by atoms with Crippen molar-refractivity contribution >= 4 is 22.6 Å². The molecule has 1 aromatic carbocycles. The highest BCUT2D eigenvalue weighted by molar-refractivity contribution is 5.99. The second kappa shape index (κ2) is 3.82. The smallest absolute Gasteiger partial charge is 0.339 e. The van der Waals surface area contributed by atoms with Gasteiger partial charge < -0.3 is 5.11 Å². The molecule has 96 valence electrons. The van der Waals surface area contributed by atoms with Crippen LogP contribution in [-0.4, -0.2) is 20.5 Å². The van der Waals surface area contributed by atoms with Crippen molar-refractivity contribution in [2.24, 2.45) is 0 Å². The lowest BCUT2D eigenvalue weighted by atomic mass is 10.1. The van der Waals surface area contributed by atoms with E-state index in [2.05, 4.69) is 4.98 Å². The first-order chi connectivity index (χ1) is 9.00. The Hall–Kier alpha value is -2.36. The van der Waals surface area contributed by atoms with Gasteiger partial charge in [0.25, 0.3) is 0 Å². The number of hydrogen-bond donors (Lipinski definition) is 1. The fourth-order valence-electron chi connectivity index (χ4n) is 2.65. The molecule has 2 heterocycles. The number of para-hydroxylation sites is 1. The van der Waals surface area contributed by atoms with Gasteiger partial charge in [-0.3, -0.25) is 4.40 Å². The minimum absolute atomic E-state index is 0.279. The van der Waals surface area contributed by atoms with Crippen molar-refractivity contribution in [3.8, 4) is 0 Å². The van der Waals surface area contributed by atoms with E-state index >= 15 is 0 Å².